The van der Waals surface area contributed by atoms with E-state index in [4.69, 9.17) is 5.73 Å². The summed E-state index contributed by atoms with van der Waals surface area (Å²) in [6.45, 7) is 8.52. The molecule has 1 atom stereocenters. The van der Waals surface area contributed by atoms with E-state index in [0.29, 0.717) is 22.9 Å². The Bertz CT molecular complexity index is 1230. The number of hydrogen-bond acceptors (Lipinski definition) is 5. The quantitative estimate of drug-likeness (QED) is 0.718. The molecular formula is C24H24F3N5. The molecule has 2 aromatic rings. The molecule has 4 rings (SSSR count). The highest BCUT2D eigenvalue weighted by atomic mass is 19.4. The highest BCUT2D eigenvalue weighted by Crippen LogP contribution is 2.35. The van der Waals surface area contributed by atoms with Crippen molar-refractivity contribution in [2.45, 2.75) is 26.1 Å². The minimum Gasteiger partial charge on any atom is -0.377 e. The number of likely N-dealkylation sites (N-methyl/N-ethyl adjacent to an activating group) is 1. The third kappa shape index (κ3) is 4.18. The van der Waals surface area contributed by atoms with Gasteiger partial charge < -0.3 is 16.0 Å². The summed E-state index contributed by atoms with van der Waals surface area (Å²) < 4.78 is 39.5. The summed E-state index contributed by atoms with van der Waals surface area (Å²) in [5, 5.41) is 3.85. The predicted molar refractivity (Wildman–Crippen MR) is 122 cm³/mol. The van der Waals surface area contributed by atoms with Crippen LogP contribution in [-0.4, -0.2) is 40.7 Å². The second-order valence-electron chi connectivity index (χ2n) is 8.07. The molecule has 0 radical (unpaired) electrons. The molecule has 0 saturated carbocycles. The molecule has 1 aromatic carbocycles. The summed E-state index contributed by atoms with van der Waals surface area (Å²) in [6.07, 6.45) is 4.10. The first kappa shape index (κ1) is 21.8. The van der Waals surface area contributed by atoms with Crippen LogP contribution in [0.15, 0.2) is 66.1 Å². The first-order valence-corrected chi connectivity index (χ1v) is 10.1. The Labute approximate surface area is 184 Å². The molecule has 5 nitrogen and oxygen atoms in total. The second kappa shape index (κ2) is 7.94. The van der Waals surface area contributed by atoms with Gasteiger partial charge >= 0.3 is 6.18 Å². The van der Waals surface area contributed by atoms with E-state index in [2.05, 4.69) is 32.8 Å². The molecular weight excluding hydrogens is 415 g/mol. The van der Waals surface area contributed by atoms with Gasteiger partial charge in [-0.2, -0.15) is 13.2 Å². The van der Waals surface area contributed by atoms with Crippen LogP contribution in [0.1, 0.15) is 17.0 Å². The first-order chi connectivity index (χ1) is 15.0. The van der Waals surface area contributed by atoms with Crippen LogP contribution in [0.25, 0.3) is 16.5 Å². The molecule has 0 amide bonds. The van der Waals surface area contributed by atoms with Gasteiger partial charge in [-0.15, -0.1) is 0 Å². The monoisotopic (exact) mass is 439 g/mol. The molecule has 2 aliphatic rings. The summed E-state index contributed by atoms with van der Waals surface area (Å²) in [4.78, 5) is 11.1. The standard InChI is InChI=1S/C24H24F3N5/c1-13-9-22-19(12-18(13)16-5-7-32(4)8-6-16)23(31-15(3)30-22)29-14(2)17-10-20(21(28)11-17)24(25,26)27/h5-7,9-12,21H,2,8,28H2,1,3-4H3,(H,29,30,31). The Morgan fingerprint density at radius 2 is 2.00 bits per heavy atom. The molecule has 1 aliphatic carbocycles. The van der Waals surface area contributed by atoms with Crippen molar-refractivity contribution in [1.82, 2.24) is 14.9 Å². The summed E-state index contributed by atoms with van der Waals surface area (Å²) in [7, 11) is 2.00. The van der Waals surface area contributed by atoms with Crippen molar-refractivity contribution in [3.05, 3.63) is 83.0 Å². The molecule has 2 heterocycles. The van der Waals surface area contributed by atoms with Crippen LogP contribution in [-0.2, 0) is 0 Å². The molecule has 1 aliphatic heterocycles. The number of aromatic nitrogens is 2. The molecule has 8 heteroatoms. The zero-order valence-electron chi connectivity index (χ0n) is 18.1. The normalized spacial score (nSPS) is 18.5. The van der Waals surface area contributed by atoms with E-state index in [0.717, 1.165) is 40.2 Å². The molecule has 0 saturated heterocycles. The average Bonchev–Trinajstić information content (AvgIpc) is 3.10. The Kier molecular flexibility index (Phi) is 5.42. The molecule has 0 fully saturated rings. The number of allylic oxidation sites excluding steroid dienone is 3. The molecule has 1 unspecified atom stereocenters. The predicted octanol–water partition coefficient (Wildman–Crippen LogP) is 4.77. The fourth-order valence-electron chi connectivity index (χ4n) is 3.85. The van der Waals surface area contributed by atoms with Gasteiger partial charge in [0.25, 0.3) is 0 Å². The number of fused-ring (bicyclic) bond motifs is 1. The van der Waals surface area contributed by atoms with Gasteiger partial charge in [-0.1, -0.05) is 18.7 Å². The van der Waals surface area contributed by atoms with Crippen LogP contribution in [0.2, 0.25) is 0 Å². The van der Waals surface area contributed by atoms with Gasteiger partial charge in [-0.25, -0.2) is 9.97 Å². The maximum atomic E-state index is 13.2. The number of aryl methyl sites for hydroxylation is 2. The number of alkyl halides is 3. The second-order valence-corrected chi connectivity index (χ2v) is 8.07. The number of hydrogen-bond donors (Lipinski definition) is 2. The van der Waals surface area contributed by atoms with Gasteiger partial charge in [0.05, 0.1) is 17.1 Å². The van der Waals surface area contributed by atoms with E-state index in [1.54, 1.807) is 6.92 Å². The van der Waals surface area contributed by atoms with E-state index < -0.39 is 17.8 Å². The number of halogens is 3. The fourth-order valence-corrected chi connectivity index (χ4v) is 3.85. The van der Waals surface area contributed by atoms with Crippen molar-refractivity contribution in [2.75, 3.05) is 18.9 Å². The Hall–Kier alpha value is -3.39. The van der Waals surface area contributed by atoms with Gasteiger partial charge in [-0.05, 0) is 66.6 Å². The van der Waals surface area contributed by atoms with Crippen molar-refractivity contribution < 1.29 is 13.2 Å². The Morgan fingerprint density at radius 1 is 1.25 bits per heavy atom. The maximum Gasteiger partial charge on any atom is 0.414 e. The van der Waals surface area contributed by atoms with Crippen molar-refractivity contribution in [2.24, 2.45) is 5.73 Å². The molecule has 3 N–H and O–H groups in total. The van der Waals surface area contributed by atoms with Crippen molar-refractivity contribution in [3.8, 4) is 0 Å². The summed E-state index contributed by atoms with van der Waals surface area (Å²) in [6, 6.07) is 2.78. The zero-order chi connectivity index (χ0) is 23.2. The molecule has 1 aromatic heterocycles. The van der Waals surface area contributed by atoms with Crippen molar-refractivity contribution in [1.29, 1.82) is 0 Å². The van der Waals surface area contributed by atoms with Crippen LogP contribution in [0.3, 0.4) is 0 Å². The number of nitrogens with two attached hydrogens (primary N) is 1. The highest BCUT2D eigenvalue weighted by molar-refractivity contribution is 5.94. The molecule has 32 heavy (non-hydrogen) atoms. The third-order valence-corrected chi connectivity index (χ3v) is 5.55. The van der Waals surface area contributed by atoms with E-state index in [1.807, 2.05) is 38.4 Å². The third-order valence-electron chi connectivity index (χ3n) is 5.55. The Morgan fingerprint density at radius 3 is 2.62 bits per heavy atom. The number of benzene rings is 1. The van der Waals surface area contributed by atoms with Gasteiger partial charge in [0.15, 0.2) is 0 Å². The summed E-state index contributed by atoms with van der Waals surface area (Å²) in [5.41, 5.74) is 9.40. The van der Waals surface area contributed by atoms with E-state index in [1.165, 1.54) is 6.08 Å². The van der Waals surface area contributed by atoms with Crippen LogP contribution >= 0.6 is 0 Å². The van der Waals surface area contributed by atoms with E-state index >= 15 is 0 Å². The fraction of sp³-hybridized carbons (Fsp3) is 0.250. The minimum atomic E-state index is -4.49. The largest absolute Gasteiger partial charge is 0.414 e. The van der Waals surface area contributed by atoms with Crippen LogP contribution < -0.4 is 11.1 Å². The van der Waals surface area contributed by atoms with E-state index in [9.17, 15) is 13.2 Å². The summed E-state index contributed by atoms with van der Waals surface area (Å²) >= 11 is 0. The lowest BCUT2D eigenvalue weighted by Crippen LogP contribution is -2.27. The molecule has 0 spiro atoms. The number of rotatable bonds is 4. The average molecular weight is 439 g/mol. The lowest BCUT2D eigenvalue weighted by atomic mass is 9.96. The van der Waals surface area contributed by atoms with Gasteiger partial charge in [0.1, 0.15) is 11.6 Å². The Balaban J connectivity index is 1.72. The lowest BCUT2D eigenvalue weighted by Gasteiger charge is -2.19. The van der Waals surface area contributed by atoms with Crippen molar-refractivity contribution >= 4 is 22.3 Å². The molecule has 0 bridgehead atoms. The number of nitrogens with one attached hydrogen (secondary N) is 1. The summed E-state index contributed by atoms with van der Waals surface area (Å²) in [5.74, 6) is 1.03. The lowest BCUT2D eigenvalue weighted by molar-refractivity contribution is -0.0938. The SMILES string of the molecule is C=C(Nc1nc(C)nc2cc(C)c(C3=CCN(C)C=C3)cc12)C1=CC(N)C(C(F)(F)F)=C1. The zero-order valence-corrected chi connectivity index (χ0v) is 18.1. The minimum absolute atomic E-state index is 0.291. The van der Waals surface area contributed by atoms with E-state index in [-0.39, 0.29) is 0 Å². The topological polar surface area (TPSA) is 67.1 Å². The van der Waals surface area contributed by atoms with Gasteiger partial charge in [0, 0.05) is 24.7 Å². The van der Waals surface area contributed by atoms with Crippen LogP contribution in [0.4, 0.5) is 19.0 Å². The first-order valence-electron chi connectivity index (χ1n) is 10.1. The number of anilines is 1. The number of nitrogens with zero attached hydrogens (tertiary/aromatic N) is 3. The smallest absolute Gasteiger partial charge is 0.377 e. The van der Waals surface area contributed by atoms with Crippen LogP contribution in [0, 0.1) is 13.8 Å². The highest BCUT2D eigenvalue weighted by Gasteiger charge is 2.39. The van der Waals surface area contributed by atoms with Crippen LogP contribution in [0.5, 0.6) is 0 Å². The van der Waals surface area contributed by atoms with Gasteiger partial charge in [-0.3, -0.25) is 0 Å². The van der Waals surface area contributed by atoms with Crippen molar-refractivity contribution in [3.63, 3.8) is 0 Å². The van der Waals surface area contributed by atoms with Gasteiger partial charge in [0.2, 0.25) is 0 Å². The molecule has 166 valence electrons. The maximum absolute atomic E-state index is 13.2.